The van der Waals surface area contributed by atoms with Gasteiger partial charge in [0.25, 0.3) is 0 Å². The largest absolute Gasteiger partial charge is 0.495 e. The number of benzene rings is 1. The van der Waals surface area contributed by atoms with Gasteiger partial charge in [0.15, 0.2) is 17.3 Å². The van der Waals surface area contributed by atoms with Gasteiger partial charge in [-0.05, 0) is 25.6 Å². The average molecular weight is 537 g/mol. The number of piperazine rings is 1. The first-order valence-corrected chi connectivity index (χ1v) is 13.4. The van der Waals surface area contributed by atoms with E-state index in [2.05, 4.69) is 43.2 Å². The Morgan fingerprint density at radius 1 is 1.08 bits per heavy atom. The smallest absolute Gasteiger partial charge is 0.227 e. The van der Waals surface area contributed by atoms with Crippen molar-refractivity contribution in [3.8, 4) is 27.6 Å². The van der Waals surface area contributed by atoms with Gasteiger partial charge in [0.1, 0.15) is 11.9 Å². The number of hydrogen-bond donors (Lipinski definition) is 1. The number of halogens is 1. The third kappa shape index (κ3) is 5.01. The summed E-state index contributed by atoms with van der Waals surface area (Å²) in [7, 11) is 3.83. The van der Waals surface area contributed by atoms with Crippen LogP contribution >= 0.6 is 11.3 Å². The summed E-state index contributed by atoms with van der Waals surface area (Å²) in [5, 5.41) is 4.09. The molecule has 38 heavy (non-hydrogen) atoms. The summed E-state index contributed by atoms with van der Waals surface area (Å²) in [4.78, 5) is 25.5. The van der Waals surface area contributed by atoms with Gasteiger partial charge in [-0.15, -0.1) is 0 Å². The zero-order valence-electron chi connectivity index (χ0n) is 21.3. The highest BCUT2D eigenvalue weighted by molar-refractivity contribution is 7.18. The molecule has 198 valence electrons. The lowest BCUT2D eigenvalue weighted by Gasteiger charge is -2.34. The predicted octanol–water partition coefficient (Wildman–Crippen LogP) is 4.31. The van der Waals surface area contributed by atoms with E-state index in [1.165, 1.54) is 17.7 Å². The van der Waals surface area contributed by atoms with Gasteiger partial charge in [-0.3, -0.25) is 0 Å². The lowest BCUT2D eigenvalue weighted by Crippen LogP contribution is -2.44. The number of rotatable bonds is 7. The Bertz CT molecular complexity index is 1390. The van der Waals surface area contributed by atoms with E-state index in [4.69, 9.17) is 14.1 Å². The molecular formula is C26H29FN8O2S. The van der Waals surface area contributed by atoms with Gasteiger partial charge in [-0.1, -0.05) is 11.3 Å². The summed E-state index contributed by atoms with van der Waals surface area (Å²) in [5.74, 6) is 1.78. The maximum Gasteiger partial charge on any atom is 0.227 e. The number of thiazole rings is 1. The van der Waals surface area contributed by atoms with E-state index >= 15 is 0 Å². The maximum atomic E-state index is 13.8. The van der Waals surface area contributed by atoms with Gasteiger partial charge >= 0.3 is 0 Å². The van der Waals surface area contributed by atoms with Crippen molar-refractivity contribution in [1.82, 2.24) is 24.8 Å². The molecule has 1 atom stereocenters. The maximum absolute atomic E-state index is 13.8. The Labute approximate surface area is 224 Å². The topological polar surface area (TPSA) is 95.7 Å². The Morgan fingerprint density at radius 3 is 2.68 bits per heavy atom. The molecule has 10 nitrogen and oxygen atoms in total. The first-order chi connectivity index (χ1) is 18.6. The molecule has 2 saturated heterocycles. The molecule has 3 aromatic heterocycles. The minimum Gasteiger partial charge on any atom is -0.495 e. The lowest BCUT2D eigenvalue weighted by molar-refractivity contribution is 0.311. The minimum atomic E-state index is -0.818. The first kappa shape index (κ1) is 24.6. The molecule has 1 unspecified atom stereocenters. The van der Waals surface area contributed by atoms with Crippen molar-refractivity contribution in [2.24, 2.45) is 0 Å². The summed E-state index contributed by atoms with van der Waals surface area (Å²) in [6.45, 7) is 4.96. The molecule has 4 aromatic rings. The normalized spacial score (nSPS) is 18.2. The monoisotopic (exact) mass is 536 g/mol. The molecule has 1 N–H and O–H groups in total. The summed E-state index contributed by atoms with van der Waals surface area (Å²) in [5.41, 5.74) is 3.26. The lowest BCUT2D eigenvalue weighted by atomic mass is 10.2. The average Bonchev–Trinajstić information content (AvgIpc) is 3.71. The summed E-state index contributed by atoms with van der Waals surface area (Å²) < 4.78 is 25.1. The summed E-state index contributed by atoms with van der Waals surface area (Å²) in [6.07, 6.45) is 6.20. The molecular weight excluding hydrogens is 507 g/mol. The molecule has 0 spiro atoms. The highest BCUT2D eigenvalue weighted by Crippen LogP contribution is 2.38. The van der Waals surface area contributed by atoms with Crippen LogP contribution in [0.5, 0.6) is 5.75 Å². The van der Waals surface area contributed by atoms with Gasteiger partial charge in [0, 0.05) is 56.9 Å². The van der Waals surface area contributed by atoms with Crippen LogP contribution in [0.4, 0.5) is 26.8 Å². The first-order valence-electron chi connectivity index (χ1n) is 12.6. The van der Waals surface area contributed by atoms with Crippen LogP contribution in [0.1, 0.15) is 6.42 Å². The molecule has 2 fully saturated rings. The Morgan fingerprint density at radius 2 is 1.95 bits per heavy atom. The Balaban J connectivity index is 1.29. The van der Waals surface area contributed by atoms with E-state index in [0.29, 0.717) is 42.5 Å². The zero-order valence-corrected chi connectivity index (χ0v) is 22.1. The second-order valence-electron chi connectivity index (χ2n) is 9.46. The third-order valence-corrected chi connectivity index (χ3v) is 7.96. The van der Waals surface area contributed by atoms with Gasteiger partial charge in [0.05, 0.1) is 41.7 Å². The van der Waals surface area contributed by atoms with Crippen molar-refractivity contribution in [3.63, 3.8) is 0 Å². The van der Waals surface area contributed by atoms with Crippen LogP contribution in [0.25, 0.3) is 21.9 Å². The van der Waals surface area contributed by atoms with E-state index in [1.54, 1.807) is 25.7 Å². The molecule has 12 heteroatoms. The molecule has 5 heterocycles. The molecule has 0 aliphatic carbocycles. The van der Waals surface area contributed by atoms with Gasteiger partial charge in [0.2, 0.25) is 5.95 Å². The molecule has 0 amide bonds. The number of hydrogen-bond acceptors (Lipinski definition) is 11. The van der Waals surface area contributed by atoms with Crippen molar-refractivity contribution in [1.29, 1.82) is 0 Å². The van der Waals surface area contributed by atoms with Crippen LogP contribution in [0, 0.1) is 0 Å². The molecule has 2 aliphatic heterocycles. The van der Waals surface area contributed by atoms with Crippen LogP contribution in [0.15, 0.2) is 47.6 Å². The van der Waals surface area contributed by atoms with Crippen molar-refractivity contribution in [2.75, 3.05) is 68.5 Å². The standard InChI is InChI=1S/C26H29FN8O2S/c1-33-7-9-34(10-8-33)20-4-3-18(11-21(20)36-2)31-25-29-12-19(22-13-28-16-37-22)24(32-25)23-14-30-26(38-23)35-6-5-17(27)15-35/h3-4,11-14,16-17H,5-10,15H2,1-2H3,(H,29,31,32). The van der Waals surface area contributed by atoms with Crippen LogP contribution in [-0.4, -0.2) is 84.4 Å². The number of methoxy groups -OCH3 is 1. The number of aromatic nitrogens is 4. The van der Waals surface area contributed by atoms with E-state index < -0.39 is 6.17 Å². The number of oxazole rings is 1. The SMILES string of the molecule is COc1cc(Nc2ncc(-c3cnco3)c(-c3cnc(N4CCC(F)C4)s3)n2)ccc1N1CCN(C)CC1. The van der Waals surface area contributed by atoms with E-state index in [1.807, 2.05) is 17.0 Å². The molecule has 0 saturated carbocycles. The van der Waals surface area contributed by atoms with E-state index in [9.17, 15) is 4.39 Å². The van der Waals surface area contributed by atoms with Crippen LogP contribution < -0.4 is 19.9 Å². The fourth-order valence-electron chi connectivity index (χ4n) is 4.76. The second-order valence-corrected chi connectivity index (χ2v) is 10.5. The fraction of sp³-hybridized carbons (Fsp3) is 0.385. The number of nitrogens with zero attached hydrogens (tertiary/aromatic N) is 7. The number of nitrogens with one attached hydrogen (secondary N) is 1. The number of ether oxygens (including phenoxy) is 1. The van der Waals surface area contributed by atoms with E-state index in [-0.39, 0.29) is 0 Å². The van der Waals surface area contributed by atoms with Gasteiger partial charge in [-0.2, -0.15) is 0 Å². The number of anilines is 4. The second kappa shape index (κ2) is 10.5. The van der Waals surface area contributed by atoms with Crippen LogP contribution in [-0.2, 0) is 0 Å². The quantitative estimate of drug-likeness (QED) is 0.368. The molecule has 6 rings (SSSR count). The highest BCUT2D eigenvalue weighted by atomic mass is 32.1. The van der Waals surface area contributed by atoms with Gasteiger partial charge < -0.3 is 29.2 Å². The van der Waals surface area contributed by atoms with Gasteiger partial charge in [-0.25, -0.2) is 24.3 Å². The van der Waals surface area contributed by atoms with Crippen LogP contribution in [0.2, 0.25) is 0 Å². The Kier molecular flexibility index (Phi) is 6.81. The highest BCUT2D eigenvalue weighted by Gasteiger charge is 2.25. The summed E-state index contributed by atoms with van der Waals surface area (Å²) >= 11 is 1.47. The molecule has 0 radical (unpaired) electrons. The predicted molar refractivity (Wildman–Crippen MR) is 146 cm³/mol. The van der Waals surface area contributed by atoms with Crippen molar-refractivity contribution >= 4 is 33.8 Å². The Hall–Kier alpha value is -3.77. The number of likely N-dealkylation sites (N-methyl/N-ethyl adjacent to an activating group) is 1. The molecule has 0 bridgehead atoms. The zero-order chi connectivity index (χ0) is 26.1. The van der Waals surface area contributed by atoms with Crippen LogP contribution in [0.3, 0.4) is 0 Å². The molecule has 1 aromatic carbocycles. The minimum absolute atomic E-state index is 0.366. The third-order valence-electron chi connectivity index (χ3n) is 6.89. The fourth-order valence-corrected chi connectivity index (χ4v) is 5.72. The van der Waals surface area contributed by atoms with E-state index in [0.717, 1.165) is 53.3 Å². The van der Waals surface area contributed by atoms with Crippen molar-refractivity contribution in [2.45, 2.75) is 12.6 Å². The van der Waals surface area contributed by atoms with Crippen molar-refractivity contribution < 1.29 is 13.5 Å². The summed E-state index contributed by atoms with van der Waals surface area (Å²) in [6, 6.07) is 6.04. The number of alkyl halides is 1. The van der Waals surface area contributed by atoms with Crippen molar-refractivity contribution in [3.05, 3.63) is 43.2 Å². The molecule has 2 aliphatic rings.